The molecule has 1 saturated carbocycles. The molecule has 1 aliphatic rings. The van der Waals surface area contributed by atoms with Gasteiger partial charge in [0.2, 0.25) is 11.5 Å². The number of benzene rings is 1. The highest BCUT2D eigenvalue weighted by Crippen LogP contribution is 2.44. The van der Waals surface area contributed by atoms with Gasteiger partial charge in [0.25, 0.3) is 0 Å². The predicted octanol–water partition coefficient (Wildman–Crippen LogP) is 3.80. The van der Waals surface area contributed by atoms with E-state index in [1.54, 1.807) is 18.2 Å². The molecule has 0 bridgehead atoms. The fourth-order valence-corrected chi connectivity index (χ4v) is 4.07. The Morgan fingerprint density at radius 3 is 2.50 bits per heavy atom. The number of hydrogen-bond donors (Lipinski definition) is 1. The second-order valence-electron chi connectivity index (χ2n) is 7.26. The number of methoxy groups -OCH3 is 2. The van der Waals surface area contributed by atoms with Crippen molar-refractivity contribution in [3.05, 3.63) is 39.8 Å². The molecular weight excluding hydrogens is 421 g/mol. The number of thiazole rings is 1. The molecule has 3 rings (SSSR count). The average Bonchev–Trinajstić information content (AvgIpc) is 3.44. The van der Waals surface area contributed by atoms with Crippen LogP contribution in [0.5, 0.6) is 11.5 Å². The minimum absolute atomic E-state index is 0.0503. The van der Waals surface area contributed by atoms with Crippen LogP contribution < -0.4 is 9.47 Å². The standard InChI is InChI=1S/C20H23F3N2O4S/c1-12-11-30-18(24-12)19(27,20(21,22)23)9-17(26)25(14-4-5-14)10-13-8-15(28-2)6-7-16(13)29-3/h6-8,11,14,27H,4-5,9-10H2,1-3H3. The van der Waals surface area contributed by atoms with Crippen molar-refractivity contribution in [3.8, 4) is 11.5 Å². The lowest BCUT2D eigenvalue weighted by Crippen LogP contribution is -2.47. The van der Waals surface area contributed by atoms with Crippen molar-refractivity contribution < 1.29 is 32.5 Å². The summed E-state index contributed by atoms with van der Waals surface area (Å²) in [5, 5.41) is 11.4. The molecule has 0 radical (unpaired) electrons. The van der Waals surface area contributed by atoms with Gasteiger partial charge in [0.05, 0.1) is 20.6 Å². The summed E-state index contributed by atoms with van der Waals surface area (Å²) >= 11 is 0.688. The van der Waals surface area contributed by atoms with Crippen molar-refractivity contribution >= 4 is 17.2 Å². The van der Waals surface area contributed by atoms with E-state index in [2.05, 4.69) is 4.98 Å². The number of aliphatic hydroxyl groups is 1. The molecule has 1 N–H and O–H groups in total. The van der Waals surface area contributed by atoms with Crippen molar-refractivity contribution in [3.63, 3.8) is 0 Å². The molecule has 1 heterocycles. The van der Waals surface area contributed by atoms with Gasteiger partial charge in [-0.1, -0.05) is 0 Å². The molecule has 1 unspecified atom stereocenters. The fraction of sp³-hybridized carbons (Fsp3) is 0.500. The normalized spacial score (nSPS) is 16.1. The number of hydrogen-bond acceptors (Lipinski definition) is 6. The van der Waals surface area contributed by atoms with E-state index in [0.29, 0.717) is 46.9 Å². The van der Waals surface area contributed by atoms with Crippen LogP contribution >= 0.6 is 11.3 Å². The van der Waals surface area contributed by atoms with E-state index in [-0.39, 0.29) is 12.6 Å². The summed E-state index contributed by atoms with van der Waals surface area (Å²) in [6.45, 7) is 1.58. The van der Waals surface area contributed by atoms with Gasteiger partial charge in [-0.3, -0.25) is 4.79 Å². The monoisotopic (exact) mass is 444 g/mol. The number of aryl methyl sites for hydroxylation is 1. The van der Waals surface area contributed by atoms with E-state index in [1.165, 1.54) is 31.4 Å². The summed E-state index contributed by atoms with van der Waals surface area (Å²) in [5.74, 6) is 0.241. The van der Waals surface area contributed by atoms with Gasteiger partial charge in [-0.2, -0.15) is 13.2 Å². The van der Waals surface area contributed by atoms with Crippen molar-refractivity contribution in [2.45, 2.75) is 50.6 Å². The molecule has 10 heteroatoms. The van der Waals surface area contributed by atoms with Gasteiger partial charge >= 0.3 is 6.18 Å². The molecule has 0 saturated heterocycles. The molecule has 6 nitrogen and oxygen atoms in total. The van der Waals surface area contributed by atoms with Gasteiger partial charge in [0, 0.05) is 29.2 Å². The molecular formula is C20H23F3N2O4S. The minimum atomic E-state index is -5.05. The number of halogens is 3. The number of amides is 1. The van der Waals surface area contributed by atoms with E-state index in [9.17, 15) is 23.1 Å². The third-order valence-electron chi connectivity index (χ3n) is 4.99. The maximum atomic E-state index is 13.8. The van der Waals surface area contributed by atoms with Crippen LogP contribution in [0.25, 0.3) is 0 Å². The molecule has 1 aromatic heterocycles. The zero-order valence-electron chi connectivity index (χ0n) is 16.8. The summed E-state index contributed by atoms with van der Waals surface area (Å²) in [4.78, 5) is 18.2. The first kappa shape index (κ1) is 22.4. The number of carbonyl (C=O) groups excluding carboxylic acids is 1. The van der Waals surface area contributed by atoms with E-state index in [0.717, 1.165) is 0 Å². The first-order valence-corrected chi connectivity index (χ1v) is 10.2. The van der Waals surface area contributed by atoms with Gasteiger partial charge in [0.15, 0.2) is 0 Å². The number of aromatic nitrogens is 1. The molecule has 1 atom stereocenters. The van der Waals surface area contributed by atoms with Crippen LogP contribution in [-0.2, 0) is 16.9 Å². The Morgan fingerprint density at radius 1 is 1.30 bits per heavy atom. The maximum absolute atomic E-state index is 13.8. The van der Waals surface area contributed by atoms with Gasteiger partial charge in [-0.25, -0.2) is 4.98 Å². The van der Waals surface area contributed by atoms with Crippen LogP contribution in [0, 0.1) is 6.92 Å². The number of ether oxygens (including phenoxy) is 2. The molecule has 0 spiro atoms. The van der Waals surface area contributed by atoms with Gasteiger partial charge in [0.1, 0.15) is 16.5 Å². The molecule has 164 valence electrons. The Balaban J connectivity index is 1.89. The first-order chi connectivity index (χ1) is 14.1. The lowest BCUT2D eigenvalue weighted by atomic mass is 9.98. The Hall–Kier alpha value is -2.33. The summed E-state index contributed by atoms with van der Waals surface area (Å²) in [7, 11) is 2.97. The molecule has 1 aromatic carbocycles. The van der Waals surface area contributed by atoms with Crippen LogP contribution in [0.3, 0.4) is 0 Å². The Bertz CT molecular complexity index is 914. The van der Waals surface area contributed by atoms with Crippen molar-refractivity contribution in [2.24, 2.45) is 0 Å². The summed E-state index contributed by atoms with van der Waals surface area (Å²) in [6, 6.07) is 4.87. The molecule has 0 aliphatic heterocycles. The van der Waals surface area contributed by atoms with Crippen molar-refractivity contribution in [2.75, 3.05) is 14.2 Å². The topological polar surface area (TPSA) is 71.9 Å². The van der Waals surface area contributed by atoms with Crippen LogP contribution in [0.1, 0.15) is 35.5 Å². The second kappa shape index (κ2) is 8.43. The van der Waals surface area contributed by atoms with Crippen molar-refractivity contribution in [1.29, 1.82) is 0 Å². The van der Waals surface area contributed by atoms with E-state index in [1.807, 2.05) is 0 Å². The predicted molar refractivity (Wildman–Crippen MR) is 105 cm³/mol. The summed E-state index contributed by atoms with van der Waals surface area (Å²) < 4.78 is 51.9. The maximum Gasteiger partial charge on any atom is 0.424 e. The second-order valence-corrected chi connectivity index (χ2v) is 8.12. The Labute approximate surface area is 176 Å². The number of carbonyl (C=O) groups is 1. The number of nitrogens with zero attached hydrogens (tertiary/aromatic N) is 2. The van der Waals surface area contributed by atoms with E-state index >= 15 is 0 Å². The largest absolute Gasteiger partial charge is 0.497 e. The highest BCUT2D eigenvalue weighted by Gasteiger charge is 2.58. The first-order valence-electron chi connectivity index (χ1n) is 9.31. The molecule has 2 aromatic rings. The molecule has 1 aliphatic carbocycles. The average molecular weight is 444 g/mol. The lowest BCUT2D eigenvalue weighted by molar-refractivity contribution is -0.268. The highest BCUT2D eigenvalue weighted by atomic mass is 32.1. The third kappa shape index (κ3) is 4.54. The van der Waals surface area contributed by atoms with Gasteiger partial charge in [-0.05, 0) is 38.0 Å². The third-order valence-corrected chi connectivity index (χ3v) is 6.10. The van der Waals surface area contributed by atoms with Crippen LogP contribution in [0.2, 0.25) is 0 Å². The van der Waals surface area contributed by atoms with E-state index in [4.69, 9.17) is 9.47 Å². The Kier molecular flexibility index (Phi) is 6.28. The van der Waals surface area contributed by atoms with Crippen LogP contribution in [0.15, 0.2) is 23.6 Å². The summed E-state index contributed by atoms with van der Waals surface area (Å²) in [6.07, 6.45) is -4.79. The molecule has 30 heavy (non-hydrogen) atoms. The SMILES string of the molecule is COc1ccc(OC)c(CN(C(=O)CC(O)(c2nc(C)cs2)C(F)(F)F)C2CC2)c1. The zero-order chi connectivity index (χ0) is 22.1. The lowest BCUT2D eigenvalue weighted by Gasteiger charge is -2.31. The van der Waals surface area contributed by atoms with E-state index < -0.39 is 29.1 Å². The van der Waals surface area contributed by atoms with Crippen molar-refractivity contribution in [1.82, 2.24) is 9.88 Å². The zero-order valence-corrected chi connectivity index (χ0v) is 17.6. The smallest absolute Gasteiger partial charge is 0.424 e. The molecule has 1 amide bonds. The molecule has 1 fully saturated rings. The van der Waals surface area contributed by atoms with Crippen LogP contribution in [0.4, 0.5) is 13.2 Å². The number of alkyl halides is 3. The fourth-order valence-electron chi connectivity index (χ4n) is 3.16. The highest BCUT2D eigenvalue weighted by molar-refractivity contribution is 7.09. The van der Waals surface area contributed by atoms with Gasteiger partial charge in [-0.15, -0.1) is 11.3 Å². The summed E-state index contributed by atoms with van der Waals surface area (Å²) in [5.41, 5.74) is -2.38. The Morgan fingerprint density at radius 2 is 2.00 bits per heavy atom. The minimum Gasteiger partial charge on any atom is -0.497 e. The quantitative estimate of drug-likeness (QED) is 0.671. The number of rotatable bonds is 8. The van der Waals surface area contributed by atoms with Crippen LogP contribution in [-0.4, -0.2) is 47.3 Å². The van der Waals surface area contributed by atoms with Gasteiger partial charge < -0.3 is 19.5 Å².